The first-order valence-corrected chi connectivity index (χ1v) is 23.1. The summed E-state index contributed by atoms with van der Waals surface area (Å²) in [5.74, 6) is -0.207. The van der Waals surface area contributed by atoms with E-state index in [2.05, 4.69) is 50.3 Å². The Balaban J connectivity index is 3.38. The van der Waals surface area contributed by atoms with Crippen molar-refractivity contribution < 1.29 is 19.4 Å². The van der Waals surface area contributed by atoms with E-state index < -0.39 is 6.10 Å². The summed E-state index contributed by atoms with van der Waals surface area (Å²) in [7, 11) is 0. The Hall–Kier alpha value is -1.39. The Bertz CT molecular complexity index is 772. The molecule has 1 unspecified atom stereocenters. The number of carbonyl (C=O) groups is 1. The molecule has 1 N–H and O–H groups in total. The molecule has 4 heteroatoms. The largest absolute Gasteiger partial charge is 0.457 e. The van der Waals surface area contributed by atoms with Crippen molar-refractivity contribution in [3.63, 3.8) is 0 Å². The summed E-state index contributed by atoms with van der Waals surface area (Å²) in [5, 5.41) is 9.60. The van der Waals surface area contributed by atoms with E-state index in [4.69, 9.17) is 9.47 Å². The number of esters is 1. The molecule has 0 fully saturated rings. The monoisotopic (exact) mass is 731 g/mol. The molecule has 52 heavy (non-hydrogen) atoms. The summed E-state index contributed by atoms with van der Waals surface area (Å²) < 4.78 is 11.2. The van der Waals surface area contributed by atoms with E-state index in [0.29, 0.717) is 19.6 Å². The SMILES string of the molecule is CCCCCCC/C=C\C/C=C\CCCCCCCCCCCCCCCCOCC(CO)OC(=O)CCCCCCC/C=C\CCCCCCC. The lowest BCUT2D eigenvalue weighted by atomic mass is 10.0. The normalized spacial score (nSPS) is 12.6. The molecule has 0 rings (SSSR count). The highest BCUT2D eigenvalue weighted by atomic mass is 16.6. The fraction of sp³-hybridized carbons (Fsp3) is 0.854. The summed E-state index contributed by atoms with van der Waals surface area (Å²) in [5.41, 5.74) is 0. The minimum atomic E-state index is -0.537. The number of rotatable bonds is 43. The maximum atomic E-state index is 12.2. The van der Waals surface area contributed by atoms with Gasteiger partial charge in [-0.3, -0.25) is 4.79 Å². The van der Waals surface area contributed by atoms with Gasteiger partial charge in [0.2, 0.25) is 0 Å². The molecular formula is C48H90O4. The van der Waals surface area contributed by atoms with Crippen molar-refractivity contribution in [1.29, 1.82) is 0 Å². The number of allylic oxidation sites excluding steroid dienone is 6. The Kier molecular flexibility index (Phi) is 44.5. The molecule has 4 nitrogen and oxygen atoms in total. The molecular weight excluding hydrogens is 641 g/mol. The van der Waals surface area contributed by atoms with Crippen molar-refractivity contribution in [2.45, 2.75) is 245 Å². The number of aliphatic hydroxyl groups excluding tert-OH is 1. The first-order valence-electron chi connectivity index (χ1n) is 23.1. The molecule has 0 aromatic rings. The maximum Gasteiger partial charge on any atom is 0.306 e. The van der Waals surface area contributed by atoms with Gasteiger partial charge in [-0.25, -0.2) is 0 Å². The molecule has 0 saturated carbocycles. The lowest BCUT2D eigenvalue weighted by molar-refractivity contribution is -0.154. The first-order chi connectivity index (χ1) is 25.7. The van der Waals surface area contributed by atoms with Crippen molar-refractivity contribution in [2.75, 3.05) is 19.8 Å². The van der Waals surface area contributed by atoms with Gasteiger partial charge >= 0.3 is 5.97 Å². The summed E-state index contributed by atoms with van der Waals surface area (Å²) in [6.07, 6.45) is 57.9. The molecule has 0 amide bonds. The van der Waals surface area contributed by atoms with Crippen LogP contribution in [0.2, 0.25) is 0 Å². The Labute approximate surface area is 325 Å². The summed E-state index contributed by atoms with van der Waals surface area (Å²) in [6.45, 7) is 5.34. The molecule has 0 heterocycles. The third-order valence-electron chi connectivity index (χ3n) is 10.2. The van der Waals surface area contributed by atoms with Crippen LogP contribution < -0.4 is 0 Å². The molecule has 0 aliphatic heterocycles. The first kappa shape index (κ1) is 50.6. The predicted molar refractivity (Wildman–Crippen MR) is 228 cm³/mol. The smallest absolute Gasteiger partial charge is 0.306 e. The van der Waals surface area contributed by atoms with E-state index in [1.54, 1.807) is 0 Å². The van der Waals surface area contributed by atoms with Crippen molar-refractivity contribution in [3.05, 3.63) is 36.5 Å². The van der Waals surface area contributed by atoms with Gasteiger partial charge in [0.25, 0.3) is 0 Å². The average Bonchev–Trinajstić information content (AvgIpc) is 3.15. The van der Waals surface area contributed by atoms with E-state index >= 15 is 0 Å². The van der Waals surface area contributed by atoms with Gasteiger partial charge in [-0.2, -0.15) is 0 Å². The number of hydrogen-bond donors (Lipinski definition) is 1. The van der Waals surface area contributed by atoms with E-state index in [-0.39, 0.29) is 12.6 Å². The van der Waals surface area contributed by atoms with Crippen LogP contribution in [0.25, 0.3) is 0 Å². The zero-order chi connectivity index (χ0) is 37.7. The topological polar surface area (TPSA) is 55.8 Å². The van der Waals surface area contributed by atoms with E-state index in [1.165, 1.54) is 193 Å². The molecule has 306 valence electrons. The highest BCUT2D eigenvalue weighted by Crippen LogP contribution is 2.15. The Morgan fingerprint density at radius 1 is 0.462 bits per heavy atom. The van der Waals surface area contributed by atoms with Crippen LogP contribution in [0.4, 0.5) is 0 Å². The minimum Gasteiger partial charge on any atom is -0.457 e. The van der Waals surface area contributed by atoms with Gasteiger partial charge in [-0.1, -0.05) is 198 Å². The number of carbonyl (C=O) groups excluding carboxylic acids is 1. The second-order valence-electron chi connectivity index (χ2n) is 15.5. The molecule has 0 aliphatic rings. The lowest BCUT2D eigenvalue weighted by Gasteiger charge is -2.15. The Morgan fingerprint density at radius 2 is 0.808 bits per heavy atom. The highest BCUT2D eigenvalue weighted by Gasteiger charge is 2.13. The molecule has 0 aromatic carbocycles. The highest BCUT2D eigenvalue weighted by molar-refractivity contribution is 5.69. The summed E-state index contributed by atoms with van der Waals surface area (Å²) >= 11 is 0. The molecule has 0 saturated heterocycles. The number of unbranched alkanes of at least 4 members (excludes halogenated alkanes) is 29. The third-order valence-corrected chi connectivity index (χ3v) is 10.2. The van der Waals surface area contributed by atoms with Gasteiger partial charge in [0.15, 0.2) is 0 Å². The predicted octanol–water partition coefficient (Wildman–Crippen LogP) is 15.3. The Morgan fingerprint density at radius 3 is 1.21 bits per heavy atom. The molecule has 1 atom stereocenters. The van der Waals surface area contributed by atoms with Crippen LogP contribution in [0.1, 0.15) is 239 Å². The molecule has 0 bridgehead atoms. The van der Waals surface area contributed by atoms with E-state index in [0.717, 1.165) is 25.7 Å². The number of aliphatic hydroxyl groups is 1. The average molecular weight is 731 g/mol. The van der Waals surface area contributed by atoms with Crippen LogP contribution in [-0.4, -0.2) is 37.0 Å². The number of ether oxygens (including phenoxy) is 2. The second-order valence-corrected chi connectivity index (χ2v) is 15.5. The van der Waals surface area contributed by atoms with Crippen LogP contribution in [0, 0.1) is 0 Å². The van der Waals surface area contributed by atoms with Crippen molar-refractivity contribution in [3.8, 4) is 0 Å². The maximum absolute atomic E-state index is 12.2. The number of hydrogen-bond acceptors (Lipinski definition) is 4. The van der Waals surface area contributed by atoms with E-state index in [1.807, 2.05) is 0 Å². The van der Waals surface area contributed by atoms with Crippen LogP contribution in [-0.2, 0) is 14.3 Å². The van der Waals surface area contributed by atoms with Gasteiger partial charge in [0, 0.05) is 13.0 Å². The quantitative estimate of drug-likeness (QED) is 0.0385. The molecule has 0 radical (unpaired) electrons. The summed E-state index contributed by atoms with van der Waals surface area (Å²) in [4.78, 5) is 12.2. The second kappa shape index (κ2) is 45.8. The van der Waals surface area contributed by atoms with Crippen LogP contribution >= 0.6 is 0 Å². The minimum absolute atomic E-state index is 0.173. The fourth-order valence-corrected chi connectivity index (χ4v) is 6.71. The van der Waals surface area contributed by atoms with Crippen molar-refractivity contribution in [1.82, 2.24) is 0 Å². The van der Waals surface area contributed by atoms with Gasteiger partial charge in [-0.05, 0) is 70.6 Å². The zero-order valence-corrected chi connectivity index (χ0v) is 35.1. The molecule has 0 spiro atoms. The van der Waals surface area contributed by atoms with Gasteiger partial charge in [0.1, 0.15) is 6.10 Å². The van der Waals surface area contributed by atoms with Crippen molar-refractivity contribution >= 4 is 5.97 Å². The van der Waals surface area contributed by atoms with Crippen LogP contribution in [0.5, 0.6) is 0 Å². The molecule has 0 aliphatic carbocycles. The lowest BCUT2D eigenvalue weighted by Crippen LogP contribution is -2.27. The zero-order valence-electron chi connectivity index (χ0n) is 35.1. The van der Waals surface area contributed by atoms with E-state index in [9.17, 15) is 9.90 Å². The van der Waals surface area contributed by atoms with Gasteiger partial charge < -0.3 is 14.6 Å². The van der Waals surface area contributed by atoms with Crippen LogP contribution in [0.3, 0.4) is 0 Å². The molecule has 0 aromatic heterocycles. The fourth-order valence-electron chi connectivity index (χ4n) is 6.71. The third kappa shape index (κ3) is 43.0. The van der Waals surface area contributed by atoms with Crippen LogP contribution in [0.15, 0.2) is 36.5 Å². The standard InChI is InChI=1S/C48H90O4/c1-3-5-7-9-11-13-15-17-19-20-21-22-23-24-25-26-27-28-29-30-32-34-36-38-40-42-44-51-46-47(45-49)52-48(50)43-41-39-37-35-33-31-18-16-14-12-10-8-6-4-2/h15-18,20-21,47,49H,3-14,19,22-46H2,1-2H3/b17-15-,18-16-,21-20-. The summed E-state index contributed by atoms with van der Waals surface area (Å²) in [6, 6.07) is 0. The van der Waals surface area contributed by atoms with Gasteiger partial charge in [0.05, 0.1) is 13.2 Å². The van der Waals surface area contributed by atoms with Gasteiger partial charge in [-0.15, -0.1) is 0 Å². The van der Waals surface area contributed by atoms with Crippen molar-refractivity contribution in [2.24, 2.45) is 0 Å².